The van der Waals surface area contributed by atoms with Gasteiger partial charge in [-0.25, -0.2) is 21.6 Å². The molecule has 0 atom stereocenters. The van der Waals surface area contributed by atoms with Gasteiger partial charge in [-0.15, -0.1) is 0 Å². The van der Waals surface area contributed by atoms with E-state index in [0.717, 1.165) is 19.3 Å². The summed E-state index contributed by atoms with van der Waals surface area (Å²) >= 11 is 0. The summed E-state index contributed by atoms with van der Waals surface area (Å²) in [5.41, 5.74) is 0. The zero-order chi connectivity index (χ0) is 24.0. The molecule has 0 heterocycles. The molecular weight excluding hydrogens is 469 g/mol. The molecule has 0 aromatic heterocycles. The maximum Gasteiger partial charge on any atom is 1.00 e. The number of rotatable bonds is 25. The van der Waals surface area contributed by atoms with Gasteiger partial charge in [0.25, 0.3) is 0 Å². The monoisotopic (exact) mass is 519 g/mol. The Bertz CT molecular complexity index is 612. The number of sulfonamides is 1. The van der Waals surface area contributed by atoms with E-state index in [1.807, 2.05) is 0 Å². The normalized spacial score (nSPS) is 12.1. The summed E-state index contributed by atoms with van der Waals surface area (Å²) in [5.74, 6) is -1.53. The predicted molar refractivity (Wildman–Crippen MR) is 134 cm³/mol. The Morgan fingerprint density at radius 1 is 0.515 bits per heavy atom. The van der Waals surface area contributed by atoms with E-state index in [-0.39, 0.29) is 29.6 Å². The third kappa shape index (κ3) is 30.8. The first-order valence-electron chi connectivity index (χ1n) is 13.2. The molecule has 0 aliphatic rings. The molecule has 0 aliphatic heterocycles. The van der Waals surface area contributed by atoms with E-state index >= 15 is 0 Å². The van der Waals surface area contributed by atoms with Crippen molar-refractivity contribution in [2.45, 2.75) is 135 Å². The molecule has 0 unspecified atom stereocenters. The first-order chi connectivity index (χ1) is 15.3. The number of nitrogens with one attached hydrogen (secondary N) is 1. The molecule has 0 aromatic rings. The molecule has 33 heavy (non-hydrogen) atoms. The van der Waals surface area contributed by atoms with Crippen LogP contribution < -0.4 is 34.3 Å². The molecular formula is C24H50NNaO5S2. The van der Waals surface area contributed by atoms with Crippen LogP contribution in [0.1, 0.15) is 135 Å². The summed E-state index contributed by atoms with van der Waals surface area (Å²) in [6.45, 7) is 2.57. The van der Waals surface area contributed by atoms with Crippen molar-refractivity contribution in [3.05, 3.63) is 0 Å². The molecule has 0 saturated heterocycles. The van der Waals surface area contributed by atoms with Gasteiger partial charge in [-0.1, -0.05) is 129 Å². The second kappa shape index (κ2) is 24.5. The maximum atomic E-state index is 11.6. The van der Waals surface area contributed by atoms with Crippen LogP contribution in [-0.4, -0.2) is 39.4 Å². The number of hydrogen-bond donors (Lipinski definition) is 1. The second-order valence-corrected chi connectivity index (χ2v) is 12.6. The van der Waals surface area contributed by atoms with Crippen LogP contribution in [0.25, 0.3) is 0 Å². The smallest absolute Gasteiger partial charge is 0.748 e. The van der Waals surface area contributed by atoms with Crippen LogP contribution in [-0.2, 0) is 20.1 Å². The van der Waals surface area contributed by atoms with E-state index < -0.39 is 31.6 Å². The van der Waals surface area contributed by atoms with Crippen LogP contribution in [0.15, 0.2) is 0 Å². The Morgan fingerprint density at radius 3 is 1.12 bits per heavy atom. The standard InChI is InChI=1S/C24H51NO5S2.Na/c1-2-3-4-5-6-7-8-9-10-11-12-13-14-15-16-17-18-19-20-21-22-25-31(26,27)23-24-32(28,29)30;/h25H,2-24H2,1H3,(H,28,29,30);/q;+1/p-1. The zero-order valence-electron chi connectivity index (χ0n) is 21.6. The van der Waals surface area contributed by atoms with Crippen molar-refractivity contribution in [1.82, 2.24) is 4.72 Å². The van der Waals surface area contributed by atoms with Crippen molar-refractivity contribution in [3.63, 3.8) is 0 Å². The Morgan fingerprint density at radius 2 is 0.818 bits per heavy atom. The van der Waals surface area contributed by atoms with Gasteiger partial charge in [0.15, 0.2) is 0 Å². The van der Waals surface area contributed by atoms with E-state index in [1.54, 1.807) is 0 Å². The Kier molecular flexibility index (Phi) is 26.7. The van der Waals surface area contributed by atoms with E-state index in [1.165, 1.54) is 109 Å². The van der Waals surface area contributed by atoms with Gasteiger partial charge in [0.2, 0.25) is 10.0 Å². The number of unbranched alkanes of at least 4 members (excludes halogenated alkanes) is 19. The van der Waals surface area contributed by atoms with Gasteiger partial charge in [-0.3, -0.25) is 0 Å². The fourth-order valence-electron chi connectivity index (χ4n) is 3.89. The van der Waals surface area contributed by atoms with Crippen molar-refractivity contribution < 1.29 is 50.9 Å². The van der Waals surface area contributed by atoms with Crippen LogP contribution in [0.2, 0.25) is 0 Å². The summed E-state index contributed by atoms with van der Waals surface area (Å²) in [6, 6.07) is 0. The molecule has 194 valence electrons. The Balaban J connectivity index is 0. The first-order valence-corrected chi connectivity index (χ1v) is 16.4. The molecule has 0 amide bonds. The largest absolute Gasteiger partial charge is 1.00 e. The summed E-state index contributed by atoms with van der Waals surface area (Å²) in [6.07, 6.45) is 26.0. The average molecular weight is 520 g/mol. The third-order valence-electron chi connectivity index (χ3n) is 5.95. The minimum atomic E-state index is -4.49. The van der Waals surface area contributed by atoms with E-state index in [4.69, 9.17) is 0 Å². The van der Waals surface area contributed by atoms with Crippen molar-refractivity contribution in [3.8, 4) is 0 Å². The molecule has 1 N–H and O–H groups in total. The molecule has 0 spiro atoms. The molecule has 6 nitrogen and oxygen atoms in total. The van der Waals surface area contributed by atoms with Crippen molar-refractivity contribution in [2.75, 3.05) is 18.1 Å². The van der Waals surface area contributed by atoms with Gasteiger partial charge in [0, 0.05) is 6.54 Å². The quantitative estimate of drug-likeness (QED) is 0.113. The first kappa shape index (κ1) is 36.0. The van der Waals surface area contributed by atoms with Gasteiger partial charge in [-0.05, 0) is 6.42 Å². The minimum absolute atomic E-state index is 0. The maximum absolute atomic E-state index is 11.6. The third-order valence-corrected chi connectivity index (χ3v) is 8.30. The molecule has 0 fully saturated rings. The van der Waals surface area contributed by atoms with Crippen LogP contribution in [0.3, 0.4) is 0 Å². The molecule has 0 rings (SSSR count). The molecule has 0 aliphatic carbocycles. The SMILES string of the molecule is CCCCCCCCCCCCCCCCCCCCCCNS(=O)(=O)CCS(=O)(=O)[O-].[Na+]. The van der Waals surface area contributed by atoms with E-state index in [9.17, 15) is 21.4 Å². The van der Waals surface area contributed by atoms with Crippen LogP contribution in [0.4, 0.5) is 0 Å². The van der Waals surface area contributed by atoms with E-state index in [0.29, 0.717) is 6.54 Å². The second-order valence-electron chi connectivity index (χ2n) is 9.19. The Labute approximate surface area is 227 Å². The summed E-state index contributed by atoms with van der Waals surface area (Å²) in [7, 11) is -8.16. The predicted octanol–water partition coefficient (Wildman–Crippen LogP) is 3.28. The zero-order valence-corrected chi connectivity index (χ0v) is 25.3. The van der Waals surface area contributed by atoms with Gasteiger partial charge in [0.1, 0.15) is 0 Å². The van der Waals surface area contributed by atoms with Crippen molar-refractivity contribution in [1.29, 1.82) is 0 Å². The van der Waals surface area contributed by atoms with Crippen molar-refractivity contribution in [2.24, 2.45) is 0 Å². The average Bonchev–Trinajstić information content (AvgIpc) is 2.73. The molecule has 0 radical (unpaired) electrons. The molecule has 0 aromatic carbocycles. The van der Waals surface area contributed by atoms with E-state index in [2.05, 4.69) is 11.6 Å². The van der Waals surface area contributed by atoms with Crippen molar-refractivity contribution >= 4 is 20.1 Å². The summed E-state index contributed by atoms with van der Waals surface area (Å²) in [4.78, 5) is 0. The minimum Gasteiger partial charge on any atom is -0.748 e. The fourth-order valence-corrected chi connectivity index (χ4v) is 6.19. The summed E-state index contributed by atoms with van der Waals surface area (Å²) < 4.78 is 57.0. The number of hydrogen-bond acceptors (Lipinski definition) is 5. The van der Waals surface area contributed by atoms with Gasteiger partial charge < -0.3 is 4.55 Å². The molecule has 0 bridgehead atoms. The van der Waals surface area contributed by atoms with Crippen LogP contribution in [0, 0.1) is 0 Å². The Hall–Kier alpha value is 0.820. The van der Waals surface area contributed by atoms with Gasteiger partial charge in [0.05, 0.1) is 21.6 Å². The molecule has 9 heteroatoms. The molecule has 0 saturated carbocycles. The fraction of sp³-hybridized carbons (Fsp3) is 1.00. The summed E-state index contributed by atoms with van der Waals surface area (Å²) in [5, 5.41) is 0. The van der Waals surface area contributed by atoms with Gasteiger partial charge in [-0.2, -0.15) is 0 Å². The van der Waals surface area contributed by atoms with Crippen LogP contribution in [0.5, 0.6) is 0 Å². The van der Waals surface area contributed by atoms with Gasteiger partial charge >= 0.3 is 29.6 Å². The topological polar surface area (TPSA) is 103 Å². The van der Waals surface area contributed by atoms with Crippen LogP contribution >= 0.6 is 0 Å².